The van der Waals surface area contributed by atoms with Crippen molar-refractivity contribution in [3.05, 3.63) is 39.8 Å². The summed E-state index contributed by atoms with van der Waals surface area (Å²) < 4.78 is 1.89. The molecule has 1 N–H and O–H groups in total. The molecular weight excluding hydrogens is 218 g/mol. The zero-order valence-corrected chi connectivity index (χ0v) is 10.7. The van der Waals surface area contributed by atoms with Crippen LogP contribution in [0.2, 0.25) is 0 Å². The summed E-state index contributed by atoms with van der Waals surface area (Å²) >= 11 is 1.78. The Morgan fingerprint density at radius 3 is 2.94 bits per heavy atom. The van der Waals surface area contributed by atoms with Crippen LogP contribution < -0.4 is 5.32 Å². The van der Waals surface area contributed by atoms with Crippen LogP contribution in [-0.2, 0) is 13.5 Å². The maximum atomic E-state index is 4.49. The zero-order valence-electron chi connectivity index (χ0n) is 9.90. The number of nitrogens with one attached hydrogen (secondary N) is 1. The molecule has 1 atom stereocenters. The zero-order chi connectivity index (χ0) is 11.5. The monoisotopic (exact) mass is 235 g/mol. The molecule has 0 aliphatic rings. The quantitative estimate of drug-likeness (QED) is 0.881. The number of nitrogens with zero attached hydrogens (tertiary/aromatic N) is 2. The van der Waals surface area contributed by atoms with Crippen molar-refractivity contribution in [1.29, 1.82) is 0 Å². The van der Waals surface area contributed by atoms with Crippen LogP contribution in [0.3, 0.4) is 0 Å². The Hall–Kier alpha value is -1.13. The first kappa shape index (κ1) is 11.4. The third kappa shape index (κ3) is 2.03. The molecule has 2 aromatic rings. The predicted molar refractivity (Wildman–Crippen MR) is 67.8 cm³/mol. The second-order valence-electron chi connectivity index (χ2n) is 3.80. The topological polar surface area (TPSA) is 29.9 Å². The van der Waals surface area contributed by atoms with Crippen molar-refractivity contribution in [2.45, 2.75) is 19.4 Å². The van der Waals surface area contributed by atoms with E-state index in [0.717, 1.165) is 6.42 Å². The second kappa shape index (κ2) is 4.80. The minimum Gasteiger partial charge on any atom is -0.309 e. The Labute approximate surface area is 100 Å². The summed E-state index contributed by atoms with van der Waals surface area (Å²) in [5.74, 6) is 0. The van der Waals surface area contributed by atoms with Gasteiger partial charge in [0.05, 0.1) is 11.7 Å². The molecule has 1 unspecified atom stereocenters. The highest BCUT2D eigenvalue weighted by Gasteiger charge is 2.18. The number of hydrogen-bond acceptors (Lipinski definition) is 3. The number of rotatable bonds is 4. The number of thiophene rings is 1. The molecule has 86 valence electrons. The van der Waals surface area contributed by atoms with E-state index >= 15 is 0 Å². The molecule has 2 rings (SSSR count). The normalized spacial score (nSPS) is 12.9. The number of aromatic nitrogens is 2. The molecule has 4 heteroatoms. The van der Waals surface area contributed by atoms with Gasteiger partial charge in [-0.3, -0.25) is 4.68 Å². The summed E-state index contributed by atoms with van der Waals surface area (Å²) in [7, 11) is 3.97. The highest BCUT2D eigenvalue weighted by molar-refractivity contribution is 7.10. The fraction of sp³-hybridized carbons (Fsp3) is 0.417. The summed E-state index contributed by atoms with van der Waals surface area (Å²) in [5.41, 5.74) is 2.46. The molecule has 0 bridgehead atoms. The lowest BCUT2D eigenvalue weighted by Gasteiger charge is -2.14. The molecule has 2 heterocycles. The van der Waals surface area contributed by atoms with Crippen molar-refractivity contribution in [2.75, 3.05) is 7.05 Å². The smallest absolute Gasteiger partial charge is 0.0702 e. The largest absolute Gasteiger partial charge is 0.309 e. The van der Waals surface area contributed by atoms with Gasteiger partial charge in [0.15, 0.2) is 0 Å². The molecule has 0 amide bonds. The highest BCUT2D eigenvalue weighted by Crippen LogP contribution is 2.27. The van der Waals surface area contributed by atoms with Gasteiger partial charge in [-0.25, -0.2) is 0 Å². The van der Waals surface area contributed by atoms with Crippen molar-refractivity contribution >= 4 is 11.3 Å². The van der Waals surface area contributed by atoms with Crippen molar-refractivity contribution in [3.8, 4) is 0 Å². The molecule has 0 aliphatic carbocycles. The van der Waals surface area contributed by atoms with E-state index in [1.54, 1.807) is 11.3 Å². The van der Waals surface area contributed by atoms with Gasteiger partial charge in [0, 0.05) is 23.7 Å². The van der Waals surface area contributed by atoms with E-state index in [1.165, 1.54) is 16.1 Å². The molecular formula is C12H17N3S. The molecule has 16 heavy (non-hydrogen) atoms. The summed E-state index contributed by atoms with van der Waals surface area (Å²) in [6.07, 6.45) is 3.08. The van der Waals surface area contributed by atoms with Gasteiger partial charge in [0.1, 0.15) is 0 Å². The third-order valence-corrected chi connectivity index (χ3v) is 3.64. The summed E-state index contributed by atoms with van der Waals surface area (Å²) in [5, 5.41) is 9.97. The third-order valence-electron chi connectivity index (χ3n) is 2.70. The highest BCUT2D eigenvalue weighted by atomic mass is 32.1. The maximum absolute atomic E-state index is 4.49. The van der Waals surface area contributed by atoms with Crippen LogP contribution in [0.4, 0.5) is 0 Å². The molecule has 0 spiro atoms. The van der Waals surface area contributed by atoms with E-state index in [1.807, 2.05) is 18.8 Å². The first-order valence-electron chi connectivity index (χ1n) is 5.49. The van der Waals surface area contributed by atoms with Crippen LogP contribution >= 0.6 is 11.3 Å². The molecule has 0 radical (unpaired) electrons. The summed E-state index contributed by atoms with van der Waals surface area (Å²) in [4.78, 5) is 1.34. The van der Waals surface area contributed by atoms with Crippen molar-refractivity contribution < 1.29 is 0 Å². The fourth-order valence-corrected chi connectivity index (χ4v) is 2.83. The van der Waals surface area contributed by atoms with Gasteiger partial charge in [-0.2, -0.15) is 5.10 Å². The molecule has 3 nitrogen and oxygen atoms in total. The van der Waals surface area contributed by atoms with Gasteiger partial charge in [-0.15, -0.1) is 11.3 Å². The minimum atomic E-state index is 0.267. The first-order valence-corrected chi connectivity index (χ1v) is 6.37. The molecule has 0 aliphatic heterocycles. The average molecular weight is 235 g/mol. The lowest BCUT2D eigenvalue weighted by molar-refractivity contribution is 0.695. The first-order chi connectivity index (χ1) is 7.76. The van der Waals surface area contributed by atoms with Gasteiger partial charge in [-0.05, 0) is 24.9 Å². The van der Waals surface area contributed by atoms with E-state index in [9.17, 15) is 0 Å². The molecule has 0 saturated heterocycles. The van der Waals surface area contributed by atoms with E-state index in [0.29, 0.717) is 0 Å². The van der Waals surface area contributed by atoms with E-state index < -0.39 is 0 Å². The van der Waals surface area contributed by atoms with E-state index in [4.69, 9.17) is 0 Å². The number of aryl methyl sites for hydroxylation is 2. The van der Waals surface area contributed by atoms with Crippen LogP contribution in [0.25, 0.3) is 0 Å². The lowest BCUT2D eigenvalue weighted by atomic mass is 10.1. The maximum Gasteiger partial charge on any atom is 0.0702 e. The van der Waals surface area contributed by atoms with Crippen LogP contribution in [0, 0.1) is 0 Å². The Bertz CT molecular complexity index is 445. The lowest BCUT2D eigenvalue weighted by Crippen LogP contribution is -2.17. The van der Waals surface area contributed by atoms with Gasteiger partial charge in [0.25, 0.3) is 0 Å². The Morgan fingerprint density at radius 1 is 1.56 bits per heavy atom. The van der Waals surface area contributed by atoms with Gasteiger partial charge >= 0.3 is 0 Å². The molecule has 0 aromatic carbocycles. The average Bonchev–Trinajstić information content (AvgIpc) is 2.89. The Balaban J connectivity index is 2.40. The molecule has 0 fully saturated rings. The van der Waals surface area contributed by atoms with E-state index in [-0.39, 0.29) is 6.04 Å². The molecule has 0 saturated carbocycles. The SMILES string of the molecule is CCc1nn(C)cc1C(NC)c1cccs1. The van der Waals surface area contributed by atoms with Gasteiger partial charge < -0.3 is 5.32 Å². The van der Waals surface area contributed by atoms with Crippen molar-refractivity contribution in [3.63, 3.8) is 0 Å². The Kier molecular flexibility index (Phi) is 3.41. The minimum absolute atomic E-state index is 0.267. The van der Waals surface area contributed by atoms with Gasteiger partial charge in [-0.1, -0.05) is 13.0 Å². The van der Waals surface area contributed by atoms with Gasteiger partial charge in [0.2, 0.25) is 0 Å². The van der Waals surface area contributed by atoms with Crippen LogP contribution in [-0.4, -0.2) is 16.8 Å². The summed E-state index contributed by atoms with van der Waals surface area (Å²) in [6, 6.07) is 4.52. The van der Waals surface area contributed by atoms with Crippen LogP contribution in [0.1, 0.15) is 29.1 Å². The Morgan fingerprint density at radius 2 is 2.38 bits per heavy atom. The van der Waals surface area contributed by atoms with E-state index in [2.05, 4.69) is 41.0 Å². The fourth-order valence-electron chi connectivity index (χ4n) is 1.98. The summed E-state index contributed by atoms with van der Waals surface area (Å²) in [6.45, 7) is 2.15. The standard InChI is InChI=1S/C12H17N3S/c1-4-10-9(8-15(3)14-10)12(13-2)11-6-5-7-16-11/h5-8,12-13H,4H2,1-3H3. The number of hydrogen-bond donors (Lipinski definition) is 1. The molecule has 2 aromatic heterocycles. The van der Waals surface area contributed by atoms with Crippen LogP contribution in [0.5, 0.6) is 0 Å². The second-order valence-corrected chi connectivity index (χ2v) is 4.77. The van der Waals surface area contributed by atoms with Crippen molar-refractivity contribution in [2.24, 2.45) is 7.05 Å². The van der Waals surface area contributed by atoms with Crippen LogP contribution in [0.15, 0.2) is 23.7 Å². The van der Waals surface area contributed by atoms with Crippen molar-refractivity contribution in [1.82, 2.24) is 15.1 Å². The predicted octanol–water partition coefficient (Wildman–Crippen LogP) is 2.35.